The van der Waals surface area contributed by atoms with Gasteiger partial charge in [0.2, 0.25) is 0 Å². The zero-order valence-corrected chi connectivity index (χ0v) is 9.57. The van der Waals surface area contributed by atoms with Gasteiger partial charge in [0.1, 0.15) is 11.6 Å². The quantitative estimate of drug-likeness (QED) is 0.834. The zero-order chi connectivity index (χ0) is 11.5. The third-order valence-corrected chi connectivity index (χ3v) is 2.52. The minimum atomic E-state index is 0.516. The topological polar surface area (TPSA) is 51.8 Å². The Bertz CT molecular complexity index is 469. The summed E-state index contributed by atoms with van der Waals surface area (Å²) >= 11 is 0. The van der Waals surface area contributed by atoms with Crippen molar-refractivity contribution in [2.45, 2.75) is 20.3 Å². The van der Waals surface area contributed by atoms with Gasteiger partial charge in [-0.15, -0.1) is 0 Å². The van der Waals surface area contributed by atoms with E-state index in [1.807, 2.05) is 6.92 Å². The largest absolute Gasteiger partial charge is 0.384 e. The molecule has 0 saturated carbocycles. The van der Waals surface area contributed by atoms with Crippen LogP contribution in [0.15, 0.2) is 30.3 Å². The Balaban J connectivity index is 2.42. The first-order valence-electron chi connectivity index (χ1n) is 5.39. The lowest BCUT2D eigenvalue weighted by Crippen LogP contribution is -1.97. The smallest absolute Gasteiger partial charge is 0.128 e. The molecule has 3 nitrogen and oxygen atoms in total. The lowest BCUT2D eigenvalue weighted by atomic mass is 10.1. The van der Waals surface area contributed by atoms with Crippen LogP contribution in [-0.2, 0) is 6.42 Å². The second-order valence-corrected chi connectivity index (χ2v) is 3.78. The monoisotopic (exact) mass is 213 g/mol. The van der Waals surface area contributed by atoms with Gasteiger partial charge < -0.3 is 5.73 Å². The number of nitrogens with two attached hydrogens (primary N) is 1. The molecule has 0 unspecified atom stereocenters. The first-order valence-corrected chi connectivity index (χ1v) is 5.39. The van der Waals surface area contributed by atoms with Crippen LogP contribution in [-0.4, -0.2) is 9.97 Å². The van der Waals surface area contributed by atoms with E-state index in [4.69, 9.17) is 5.73 Å². The molecular formula is C13H15N3. The fourth-order valence-corrected chi connectivity index (χ4v) is 1.65. The summed E-state index contributed by atoms with van der Waals surface area (Å²) in [4.78, 5) is 8.43. The fourth-order valence-electron chi connectivity index (χ4n) is 1.65. The highest BCUT2D eigenvalue weighted by atomic mass is 14.9. The Morgan fingerprint density at radius 3 is 2.38 bits per heavy atom. The lowest BCUT2D eigenvalue weighted by Gasteiger charge is -2.04. The number of benzene rings is 1. The van der Waals surface area contributed by atoms with E-state index in [0.717, 1.165) is 17.7 Å². The Kier molecular flexibility index (Phi) is 2.86. The Labute approximate surface area is 95.4 Å². The summed E-state index contributed by atoms with van der Waals surface area (Å²) in [7, 11) is 0. The molecule has 3 heteroatoms. The van der Waals surface area contributed by atoms with Crippen LogP contribution in [0.4, 0.5) is 5.82 Å². The minimum Gasteiger partial charge on any atom is -0.384 e. The maximum atomic E-state index is 5.70. The third kappa shape index (κ3) is 2.19. The molecule has 82 valence electrons. The predicted octanol–water partition coefficient (Wildman–Crippen LogP) is 2.60. The van der Waals surface area contributed by atoms with Gasteiger partial charge >= 0.3 is 0 Å². The van der Waals surface area contributed by atoms with Crippen molar-refractivity contribution < 1.29 is 0 Å². The predicted molar refractivity (Wildman–Crippen MR) is 66.0 cm³/mol. The number of hydrogen-bond donors (Lipinski definition) is 1. The van der Waals surface area contributed by atoms with E-state index in [0.29, 0.717) is 11.6 Å². The fraction of sp³-hybridized carbons (Fsp3) is 0.231. The molecule has 0 saturated heterocycles. The van der Waals surface area contributed by atoms with Gasteiger partial charge in [-0.1, -0.05) is 31.2 Å². The summed E-state index contributed by atoms with van der Waals surface area (Å²) in [6.45, 7) is 3.99. The van der Waals surface area contributed by atoms with Crippen LogP contribution in [0.2, 0.25) is 0 Å². The van der Waals surface area contributed by atoms with Crippen LogP contribution in [0.3, 0.4) is 0 Å². The van der Waals surface area contributed by atoms with Crippen molar-refractivity contribution in [3.8, 4) is 11.3 Å². The minimum absolute atomic E-state index is 0.516. The van der Waals surface area contributed by atoms with Crippen molar-refractivity contribution in [2.24, 2.45) is 0 Å². The van der Waals surface area contributed by atoms with Crippen molar-refractivity contribution in [3.05, 3.63) is 41.7 Å². The van der Waals surface area contributed by atoms with Gasteiger partial charge in [-0.25, -0.2) is 9.97 Å². The molecule has 0 amide bonds. The molecule has 1 heterocycles. The average Bonchev–Trinajstić information content (AvgIpc) is 2.28. The molecule has 2 aromatic rings. The van der Waals surface area contributed by atoms with Crippen molar-refractivity contribution >= 4 is 5.82 Å². The molecule has 0 aliphatic rings. The van der Waals surface area contributed by atoms with E-state index in [2.05, 4.69) is 41.2 Å². The first-order chi connectivity index (χ1) is 7.69. The second kappa shape index (κ2) is 4.31. The highest BCUT2D eigenvalue weighted by Gasteiger charge is 2.02. The maximum Gasteiger partial charge on any atom is 0.128 e. The molecule has 16 heavy (non-hydrogen) atoms. The van der Waals surface area contributed by atoms with Gasteiger partial charge in [0.05, 0.1) is 5.69 Å². The Morgan fingerprint density at radius 1 is 1.12 bits per heavy atom. The number of anilines is 1. The van der Waals surface area contributed by atoms with Gasteiger partial charge in [-0.3, -0.25) is 0 Å². The summed E-state index contributed by atoms with van der Waals surface area (Å²) in [5, 5.41) is 0. The molecule has 0 spiro atoms. The van der Waals surface area contributed by atoms with E-state index in [9.17, 15) is 0 Å². The maximum absolute atomic E-state index is 5.70. The lowest BCUT2D eigenvalue weighted by molar-refractivity contribution is 1.06. The summed E-state index contributed by atoms with van der Waals surface area (Å²) in [5.74, 6) is 1.22. The van der Waals surface area contributed by atoms with E-state index >= 15 is 0 Å². The van der Waals surface area contributed by atoms with E-state index in [-0.39, 0.29) is 0 Å². The van der Waals surface area contributed by atoms with Gasteiger partial charge in [0.25, 0.3) is 0 Å². The van der Waals surface area contributed by atoms with Crippen LogP contribution in [0.25, 0.3) is 11.3 Å². The van der Waals surface area contributed by atoms with Crippen molar-refractivity contribution in [3.63, 3.8) is 0 Å². The average molecular weight is 213 g/mol. The van der Waals surface area contributed by atoms with Gasteiger partial charge in [-0.2, -0.15) is 0 Å². The van der Waals surface area contributed by atoms with Crippen molar-refractivity contribution in [1.29, 1.82) is 0 Å². The normalized spacial score (nSPS) is 10.4. The van der Waals surface area contributed by atoms with E-state index in [1.54, 1.807) is 6.07 Å². The molecule has 0 atom stereocenters. The van der Waals surface area contributed by atoms with Crippen LogP contribution >= 0.6 is 0 Å². The van der Waals surface area contributed by atoms with Gasteiger partial charge in [0.15, 0.2) is 0 Å². The molecule has 0 aliphatic heterocycles. The molecule has 2 rings (SSSR count). The number of rotatable bonds is 2. The number of aromatic nitrogens is 2. The van der Waals surface area contributed by atoms with Crippen LogP contribution in [0.1, 0.15) is 18.3 Å². The molecule has 0 aliphatic carbocycles. The summed E-state index contributed by atoms with van der Waals surface area (Å²) in [6.07, 6.45) is 1.05. The van der Waals surface area contributed by atoms with Gasteiger partial charge in [0, 0.05) is 11.6 Å². The van der Waals surface area contributed by atoms with E-state index < -0.39 is 0 Å². The van der Waals surface area contributed by atoms with Crippen LogP contribution < -0.4 is 5.73 Å². The highest BCUT2D eigenvalue weighted by molar-refractivity contribution is 5.62. The summed E-state index contributed by atoms with van der Waals surface area (Å²) in [6, 6.07) is 10.2. The second-order valence-electron chi connectivity index (χ2n) is 3.78. The number of nitrogens with zero attached hydrogens (tertiary/aromatic N) is 2. The Morgan fingerprint density at radius 2 is 1.81 bits per heavy atom. The van der Waals surface area contributed by atoms with Crippen LogP contribution in [0.5, 0.6) is 0 Å². The summed E-state index contributed by atoms with van der Waals surface area (Å²) in [5.41, 5.74) is 8.98. The standard InChI is InChI=1S/C13H15N3/c1-3-10-4-6-11(7-5-10)12-8-13(14)16-9(2)15-12/h4-8H,3H2,1-2H3,(H2,14,15,16). The SMILES string of the molecule is CCc1ccc(-c2cc(N)nc(C)n2)cc1. The summed E-state index contributed by atoms with van der Waals surface area (Å²) < 4.78 is 0. The molecule has 2 N–H and O–H groups in total. The molecule has 0 fully saturated rings. The van der Waals surface area contributed by atoms with Gasteiger partial charge in [-0.05, 0) is 18.9 Å². The van der Waals surface area contributed by atoms with E-state index in [1.165, 1.54) is 5.56 Å². The third-order valence-electron chi connectivity index (χ3n) is 2.52. The molecule has 1 aromatic heterocycles. The van der Waals surface area contributed by atoms with Crippen molar-refractivity contribution in [1.82, 2.24) is 9.97 Å². The zero-order valence-electron chi connectivity index (χ0n) is 9.57. The molecular weight excluding hydrogens is 198 g/mol. The van der Waals surface area contributed by atoms with Crippen LogP contribution in [0, 0.1) is 6.92 Å². The highest BCUT2D eigenvalue weighted by Crippen LogP contribution is 2.19. The number of aryl methyl sites for hydroxylation is 2. The number of hydrogen-bond acceptors (Lipinski definition) is 3. The molecule has 0 bridgehead atoms. The Hall–Kier alpha value is -1.90. The first kappa shape index (κ1) is 10.6. The number of nitrogen functional groups attached to an aromatic ring is 1. The van der Waals surface area contributed by atoms with Crippen molar-refractivity contribution in [2.75, 3.05) is 5.73 Å². The molecule has 1 aromatic carbocycles. The molecule has 0 radical (unpaired) electrons.